The number of rotatable bonds is 5. The number of benzene rings is 2. The van der Waals surface area contributed by atoms with Crippen molar-refractivity contribution >= 4 is 46.0 Å². The predicted molar refractivity (Wildman–Crippen MR) is 133 cm³/mol. The van der Waals surface area contributed by atoms with Crippen LogP contribution in [0.2, 0.25) is 5.02 Å². The molecule has 0 aromatic heterocycles. The van der Waals surface area contributed by atoms with Gasteiger partial charge in [-0.3, -0.25) is 4.79 Å². The number of ether oxygens (including phenoxy) is 1. The van der Waals surface area contributed by atoms with Gasteiger partial charge in [0.2, 0.25) is 0 Å². The van der Waals surface area contributed by atoms with Crippen LogP contribution in [0.5, 0.6) is 0 Å². The van der Waals surface area contributed by atoms with E-state index in [9.17, 15) is 40.1 Å². The van der Waals surface area contributed by atoms with Gasteiger partial charge < -0.3 is 15.0 Å². The summed E-state index contributed by atoms with van der Waals surface area (Å²) in [4.78, 5) is 25.7. The highest BCUT2D eigenvalue weighted by atomic mass is 35.5. The summed E-state index contributed by atoms with van der Waals surface area (Å²) in [5, 5.41) is 1.56. The van der Waals surface area contributed by atoms with Crippen LogP contribution >= 0.6 is 11.6 Å². The molecule has 39 heavy (non-hydrogen) atoms. The SMILES string of the molecule is CC(C)(C)OC(=O)N[S@](=O)c1cc(NC(=O)c2cc(Cl)c(C(F)(F)F)cc2N2CCC(F)(F)CC2)ccc1F. The Bertz CT molecular complexity index is 1290. The molecule has 2 amide bonds. The lowest BCUT2D eigenvalue weighted by molar-refractivity contribution is -0.137. The minimum atomic E-state index is -4.88. The fraction of sp³-hybridized carbons (Fsp3) is 0.417. The summed E-state index contributed by atoms with van der Waals surface area (Å²) in [6.07, 6.45) is -7.23. The monoisotopic (exact) mass is 599 g/mol. The zero-order chi connectivity index (χ0) is 29.3. The first-order chi connectivity index (χ1) is 17.9. The van der Waals surface area contributed by atoms with Gasteiger partial charge >= 0.3 is 12.3 Å². The minimum Gasteiger partial charge on any atom is -0.443 e. The van der Waals surface area contributed by atoms with Gasteiger partial charge in [-0.05, 0) is 51.1 Å². The Hall–Kier alpha value is -3.00. The van der Waals surface area contributed by atoms with Crippen LogP contribution in [0.15, 0.2) is 35.2 Å². The van der Waals surface area contributed by atoms with Crippen LogP contribution in [0.4, 0.5) is 42.5 Å². The normalized spacial score (nSPS) is 16.4. The number of nitrogens with zero attached hydrogens (tertiary/aromatic N) is 1. The molecule has 0 unspecified atom stereocenters. The highest BCUT2D eigenvalue weighted by Crippen LogP contribution is 2.40. The number of alkyl halides is 5. The van der Waals surface area contributed by atoms with Crippen molar-refractivity contribution in [1.29, 1.82) is 0 Å². The second-order valence-electron chi connectivity index (χ2n) is 9.66. The Morgan fingerprint density at radius 1 is 1.08 bits per heavy atom. The number of piperidine rings is 1. The van der Waals surface area contributed by atoms with Crippen molar-refractivity contribution in [1.82, 2.24) is 4.72 Å². The van der Waals surface area contributed by atoms with E-state index >= 15 is 0 Å². The number of nitrogens with one attached hydrogen (secondary N) is 2. The molecule has 0 radical (unpaired) electrons. The maximum absolute atomic E-state index is 14.4. The van der Waals surface area contributed by atoms with E-state index in [-0.39, 0.29) is 30.0 Å². The first kappa shape index (κ1) is 30.5. The molecule has 1 saturated heterocycles. The molecule has 1 aliphatic heterocycles. The maximum Gasteiger partial charge on any atom is 0.419 e. The second kappa shape index (κ2) is 11.2. The molecule has 1 aliphatic rings. The van der Waals surface area contributed by atoms with Crippen molar-refractivity contribution in [3.8, 4) is 0 Å². The Morgan fingerprint density at radius 3 is 2.26 bits per heavy atom. The van der Waals surface area contributed by atoms with E-state index < -0.39 is 74.8 Å². The molecule has 0 spiro atoms. The van der Waals surface area contributed by atoms with Crippen LogP contribution in [-0.4, -0.2) is 40.8 Å². The van der Waals surface area contributed by atoms with Crippen LogP contribution < -0.4 is 14.9 Å². The molecule has 0 saturated carbocycles. The van der Waals surface area contributed by atoms with E-state index in [1.165, 1.54) is 4.90 Å². The lowest BCUT2D eigenvalue weighted by atomic mass is 10.0. The molecule has 0 aliphatic carbocycles. The van der Waals surface area contributed by atoms with Crippen LogP contribution in [-0.2, 0) is 21.9 Å². The third kappa shape index (κ3) is 8.01. The summed E-state index contributed by atoms with van der Waals surface area (Å²) in [7, 11) is -2.44. The van der Waals surface area contributed by atoms with E-state index in [0.29, 0.717) is 6.07 Å². The average molecular weight is 600 g/mol. The number of hydrogen-bond acceptors (Lipinski definition) is 5. The van der Waals surface area contributed by atoms with Gasteiger partial charge in [-0.2, -0.15) is 13.2 Å². The van der Waals surface area contributed by atoms with Gasteiger partial charge in [0.05, 0.1) is 26.7 Å². The van der Waals surface area contributed by atoms with Crippen molar-refractivity contribution in [2.45, 2.75) is 56.2 Å². The summed E-state index contributed by atoms with van der Waals surface area (Å²) in [6.45, 7) is 4.04. The Morgan fingerprint density at radius 2 is 1.69 bits per heavy atom. The molecule has 214 valence electrons. The van der Waals surface area contributed by atoms with Gasteiger partial charge in [0.25, 0.3) is 11.8 Å². The Kier molecular flexibility index (Phi) is 8.80. The van der Waals surface area contributed by atoms with Crippen LogP contribution in [0.1, 0.15) is 49.5 Å². The average Bonchev–Trinajstić information content (AvgIpc) is 2.78. The van der Waals surface area contributed by atoms with Crippen LogP contribution in [0.25, 0.3) is 0 Å². The van der Waals surface area contributed by atoms with Crippen molar-refractivity contribution in [2.24, 2.45) is 0 Å². The van der Waals surface area contributed by atoms with Crippen molar-refractivity contribution in [2.75, 3.05) is 23.3 Å². The van der Waals surface area contributed by atoms with Crippen molar-refractivity contribution < 1.29 is 44.9 Å². The number of carbonyl (C=O) groups is 2. The van der Waals surface area contributed by atoms with Gasteiger partial charge in [0.1, 0.15) is 11.4 Å². The molecule has 7 nitrogen and oxygen atoms in total. The number of halogens is 7. The summed E-state index contributed by atoms with van der Waals surface area (Å²) in [5.41, 5.74) is -2.91. The third-order valence-corrected chi connectivity index (χ3v) is 6.81. The first-order valence-corrected chi connectivity index (χ1v) is 12.9. The predicted octanol–water partition coefficient (Wildman–Crippen LogP) is 6.53. The largest absolute Gasteiger partial charge is 0.443 e. The van der Waals surface area contributed by atoms with Crippen LogP contribution in [0, 0.1) is 5.82 Å². The summed E-state index contributed by atoms with van der Waals surface area (Å²) in [6, 6.07) is 4.29. The molecule has 3 rings (SSSR count). The first-order valence-electron chi connectivity index (χ1n) is 11.4. The summed E-state index contributed by atoms with van der Waals surface area (Å²) in [5.74, 6) is -4.97. The van der Waals surface area contributed by atoms with E-state index in [2.05, 4.69) is 5.32 Å². The number of carbonyl (C=O) groups excluding carboxylic acids is 2. The molecule has 2 aromatic carbocycles. The lowest BCUT2D eigenvalue weighted by Gasteiger charge is -2.34. The topological polar surface area (TPSA) is 87.7 Å². The molecule has 2 N–H and O–H groups in total. The second-order valence-corrected chi connectivity index (χ2v) is 11.3. The molecule has 1 fully saturated rings. The van der Waals surface area contributed by atoms with Gasteiger partial charge in [0.15, 0.2) is 11.0 Å². The number of hydrogen-bond donors (Lipinski definition) is 2. The standard InChI is InChI=1S/C24H24ClF6N3O4S/c1-22(2,3)38-21(36)33-39(37)19-10-13(4-5-17(19)26)32-20(35)14-11-16(25)15(24(29,30)31)12-18(14)34-8-6-23(27,28)7-9-34/h4-5,10-12H,6-9H2,1-3H3,(H,32,35)(H,33,36)/t39-/m1/s1. The zero-order valence-corrected chi connectivity index (χ0v) is 22.4. The summed E-state index contributed by atoms with van der Waals surface area (Å²) < 4.78 is 102. The fourth-order valence-electron chi connectivity index (χ4n) is 3.65. The Labute approximate surface area is 227 Å². The molecule has 15 heteroatoms. The summed E-state index contributed by atoms with van der Waals surface area (Å²) >= 11 is 5.82. The lowest BCUT2D eigenvalue weighted by Crippen LogP contribution is -2.40. The Balaban J connectivity index is 1.91. The van der Waals surface area contributed by atoms with Gasteiger partial charge in [0, 0.05) is 31.6 Å². The quantitative estimate of drug-likeness (QED) is 0.382. The minimum absolute atomic E-state index is 0.122. The van der Waals surface area contributed by atoms with E-state index in [4.69, 9.17) is 16.3 Å². The molecule has 1 atom stereocenters. The number of amides is 2. The molecular weight excluding hydrogens is 576 g/mol. The maximum atomic E-state index is 14.4. The van der Waals surface area contributed by atoms with E-state index in [1.54, 1.807) is 20.8 Å². The smallest absolute Gasteiger partial charge is 0.419 e. The van der Waals surface area contributed by atoms with Crippen LogP contribution in [0.3, 0.4) is 0 Å². The third-order valence-electron chi connectivity index (χ3n) is 5.43. The molecule has 1 heterocycles. The van der Waals surface area contributed by atoms with Gasteiger partial charge in [-0.25, -0.2) is 26.9 Å². The molecular formula is C24H24ClF6N3O4S. The van der Waals surface area contributed by atoms with Gasteiger partial charge in [-0.15, -0.1) is 0 Å². The van der Waals surface area contributed by atoms with Crippen molar-refractivity contribution in [3.63, 3.8) is 0 Å². The highest BCUT2D eigenvalue weighted by Gasteiger charge is 2.38. The zero-order valence-electron chi connectivity index (χ0n) is 20.8. The number of anilines is 2. The van der Waals surface area contributed by atoms with E-state index in [0.717, 1.165) is 24.3 Å². The van der Waals surface area contributed by atoms with Crippen molar-refractivity contribution in [3.05, 3.63) is 52.3 Å². The van der Waals surface area contributed by atoms with Gasteiger partial charge in [-0.1, -0.05) is 11.6 Å². The highest BCUT2D eigenvalue weighted by molar-refractivity contribution is 7.83. The molecule has 2 aromatic rings. The molecule has 0 bridgehead atoms. The fourth-order valence-corrected chi connectivity index (χ4v) is 4.70. The van der Waals surface area contributed by atoms with E-state index in [1.807, 2.05) is 4.72 Å².